The molecule has 4 nitrogen and oxygen atoms in total. The maximum Gasteiger partial charge on any atom is 0.212 e. The Balaban J connectivity index is 2.87. The van der Waals surface area contributed by atoms with E-state index in [1.807, 2.05) is 0 Å². The summed E-state index contributed by atoms with van der Waals surface area (Å²) in [6.07, 6.45) is 0.846. The van der Waals surface area contributed by atoms with Crippen molar-refractivity contribution in [2.45, 2.75) is 25.5 Å². The van der Waals surface area contributed by atoms with Gasteiger partial charge in [0.1, 0.15) is 0 Å². The molecular weight excluding hydrogens is 180 g/mol. The molecule has 1 rings (SSSR count). The van der Waals surface area contributed by atoms with Crippen molar-refractivity contribution in [2.24, 2.45) is 5.73 Å². The molecule has 0 aliphatic rings. The van der Waals surface area contributed by atoms with Gasteiger partial charge in [-0.1, -0.05) is 0 Å². The van der Waals surface area contributed by atoms with Gasteiger partial charge >= 0.3 is 0 Å². The van der Waals surface area contributed by atoms with Crippen LogP contribution in [0.15, 0.2) is 18.3 Å². The van der Waals surface area contributed by atoms with Gasteiger partial charge in [-0.05, 0) is 19.9 Å². The van der Waals surface area contributed by atoms with Crippen LogP contribution in [0.1, 0.15) is 25.5 Å². The molecule has 0 saturated heterocycles. The molecule has 3 N–H and O–H groups in total. The summed E-state index contributed by atoms with van der Waals surface area (Å²) in [4.78, 5) is 3.99. The van der Waals surface area contributed by atoms with Gasteiger partial charge in [0, 0.05) is 23.4 Å². The number of aliphatic hydroxyl groups excluding tert-OH is 1. The maximum atomic E-state index is 9.81. The average Bonchev–Trinajstić information content (AvgIpc) is 2.15. The molecule has 4 heteroatoms. The second-order valence-corrected chi connectivity index (χ2v) is 3.86. The zero-order valence-electron chi connectivity index (χ0n) is 8.69. The monoisotopic (exact) mass is 196 g/mol. The van der Waals surface area contributed by atoms with Crippen LogP contribution in [0.2, 0.25) is 0 Å². The van der Waals surface area contributed by atoms with Gasteiger partial charge in [-0.3, -0.25) is 0 Å². The lowest BCUT2D eigenvalue weighted by Gasteiger charge is -2.25. The van der Waals surface area contributed by atoms with E-state index in [0.29, 0.717) is 11.4 Å². The zero-order valence-corrected chi connectivity index (χ0v) is 8.69. The number of ether oxygens (including phenoxy) is 1. The standard InChI is InChI=1S/C10H16N2O2/c1-10(2,11)9(13)7-4-5-8(14-3)12-6-7/h4-6,9,13H,11H2,1-3H3. The second kappa shape index (κ2) is 3.94. The highest BCUT2D eigenvalue weighted by molar-refractivity contribution is 5.21. The van der Waals surface area contributed by atoms with Gasteiger partial charge in [0.2, 0.25) is 5.88 Å². The van der Waals surface area contributed by atoms with Crippen molar-refractivity contribution >= 4 is 0 Å². The van der Waals surface area contributed by atoms with Crippen molar-refractivity contribution in [1.82, 2.24) is 4.98 Å². The van der Waals surface area contributed by atoms with Gasteiger partial charge < -0.3 is 15.6 Å². The fourth-order valence-electron chi connectivity index (χ4n) is 1.10. The number of hydrogen-bond donors (Lipinski definition) is 2. The first-order chi connectivity index (χ1) is 6.45. The molecule has 0 spiro atoms. The van der Waals surface area contributed by atoms with E-state index in [9.17, 15) is 5.11 Å². The lowest BCUT2D eigenvalue weighted by atomic mass is 9.94. The fourth-order valence-corrected chi connectivity index (χ4v) is 1.10. The van der Waals surface area contributed by atoms with E-state index < -0.39 is 11.6 Å². The highest BCUT2D eigenvalue weighted by Gasteiger charge is 2.24. The number of nitrogens with two attached hydrogens (primary N) is 1. The van der Waals surface area contributed by atoms with E-state index in [0.717, 1.165) is 0 Å². The first kappa shape index (κ1) is 10.9. The molecule has 1 aromatic heterocycles. The molecular formula is C10H16N2O2. The summed E-state index contributed by atoms with van der Waals surface area (Å²) in [6.45, 7) is 3.53. The largest absolute Gasteiger partial charge is 0.481 e. The van der Waals surface area contributed by atoms with E-state index >= 15 is 0 Å². The summed E-state index contributed by atoms with van der Waals surface area (Å²) in [5, 5.41) is 9.81. The summed E-state index contributed by atoms with van der Waals surface area (Å²) in [6, 6.07) is 3.45. The first-order valence-electron chi connectivity index (χ1n) is 4.42. The Morgan fingerprint density at radius 2 is 2.14 bits per heavy atom. The molecule has 0 bridgehead atoms. The fraction of sp³-hybridized carbons (Fsp3) is 0.500. The third-order valence-corrected chi connectivity index (χ3v) is 1.99. The lowest BCUT2D eigenvalue weighted by Crippen LogP contribution is -2.39. The average molecular weight is 196 g/mol. The third kappa shape index (κ3) is 2.43. The van der Waals surface area contributed by atoms with Gasteiger partial charge in [0.15, 0.2) is 0 Å². The van der Waals surface area contributed by atoms with Gasteiger partial charge in [-0.2, -0.15) is 0 Å². The van der Waals surface area contributed by atoms with Gasteiger partial charge in [0.25, 0.3) is 0 Å². The molecule has 0 aromatic carbocycles. The normalized spacial score (nSPS) is 13.8. The molecule has 14 heavy (non-hydrogen) atoms. The first-order valence-corrected chi connectivity index (χ1v) is 4.42. The van der Waals surface area contributed by atoms with Crippen molar-refractivity contribution in [3.8, 4) is 5.88 Å². The quantitative estimate of drug-likeness (QED) is 0.752. The van der Waals surface area contributed by atoms with Crippen LogP contribution < -0.4 is 10.5 Å². The Morgan fingerprint density at radius 1 is 1.50 bits per heavy atom. The zero-order chi connectivity index (χ0) is 10.8. The molecule has 1 aromatic rings. The van der Waals surface area contributed by atoms with Gasteiger partial charge in [0.05, 0.1) is 13.2 Å². The Morgan fingerprint density at radius 3 is 2.50 bits per heavy atom. The molecule has 0 saturated carbocycles. The molecule has 0 aliphatic heterocycles. The lowest BCUT2D eigenvalue weighted by molar-refractivity contribution is 0.104. The highest BCUT2D eigenvalue weighted by atomic mass is 16.5. The van der Waals surface area contributed by atoms with Gasteiger partial charge in [-0.25, -0.2) is 4.98 Å². The van der Waals surface area contributed by atoms with E-state index in [1.165, 1.54) is 0 Å². The predicted molar refractivity (Wildman–Crippen MR) is 54.0 cm³/mol. The van der Waals surface area contributed by atoms with E-state index in [1.54, 1.807) is 39.3 Å². The molecule has 78 valence electrons. The van der Waals surface area contributed by atoms with E-state index in [4.69, 9.17) is 10.5 Å². The van der Waals surface area contributed by atoms with Crippen LogP contribution in [-0.4, -0.2) is 22.7 Å². The second-order valence-electron chi connectivity index (χ2n) is 3.86. The van der Waals surface area contributed by atoms with Gasteiger partial charge in [-0.15, -0.1) is 0 Å². The minimum atomic E-state index is -0.721. The Hall–Kier alpha value is -1.13. The van der Waals surface area contributed by atoms with Crippen LogP contribution in [0.25, 0.3) is 0 Å². The van der Waals surface area contributed by atoms with Crippen molar-refractivity contribution < 1.29 is 9.84 Å². The smallest absolute Gasteiger partial charge is 0.212 e. The van der Waals surface area contributed by atoms with Crippen LogP contribution in [0, 0.1) is 0 Å². The Kier molecular flexibility index (Phi) is 3.08. The maximum absolute atomic E-state index is 9.81. The minimum Gasteiger partial charge on any atom is -0.481 e. The van der Waals surface area contributed by atoms with E-state index in [2.05, 4.69) is 4.98 Å². The molecule has 0 aliphatic carbocycles. The topological polar surface area (TPSA) is 68.4 Å². The van der Waals surface area contributed by atoms with Crippen molar-refractivity contribution in [1.29, 1.82) is 0 Å². The number of hydrogen-bond acceptors (Lipinski definition) is 4. The minimum absolute atomic E-state index is 0.524. The summed E-state index contributed by atoms with van der Waals surface area (Å²) in [5.41, 5.74) is 5.80. The van der Waals surface area contributed by atoms with E-state index in [-0.39, 0.29) is 0 Å². The molecule has 1 heterocycles. The van der Waals surface area contributed by atoms with Crippen LogP contribution >= 0.6 is 0 Å². The van der Waals surface area contributed by atoms with Crippen molar-refractivity contribution in [3.05, 3.63) is 23.9 Å². The summed E-state index contributed by atoms with van der Waals surface area (Å²) >= 11 is 0. The Bertz CT molecular complexity index is 290. The number of methoxy groups -OCH3 is 1. The SMILES string of the molecule is COc1ccc(C(O)C(C)(C)N)cn1. The summed E-state index contributed by atoms with van der Waals surface area (Å²) < 4.78 is 4.91. The number of nitrogens with zero attached hydrogens (tertiary/aromatic N) is 1. The van der Waals surface area contributed by atoms with Crippen molar-refractivity contribution in [2.75, 3.05) is 7.11 Å². The molecule has 1 atom stereocenters. The Labute approximate surface area is 83.7 Å². The summed E-state index contributed by atoms with van der Waals surface area (Å²) in [5.74, 6) is 0.524. The van der Waals surface area contributed by atoms with Crippen LogP contribution in [0.3, 0.4) is 0 Å². The number of aliphatic hydroxyl groups is 1. The van der Waals surface area contributed by atoms with Crippen molar-refractivity contribution in [3.63, 3.8) is 0 Å². The third-order valence-electron chi connectivity index (χ3n) is 1.99. The van der Waals surface area contributed by atoms with Crippen LogP contribution in [0.5, 0.6) is 5.88 Å². The molecule has 0 amide bonds. The number of rotatable bonds is 3. The predicted octanol–water partition coefficient (Wildman–Crippen LogP) is 0.861. The van der Waals surface area contributed by atoms with Crippen LogP contribution in [0.4, 0.5) is 0 Å². The summed E-state index contributed by atoms with van der Waals surface area (Å²) in [7, 11) is 1.55. The van der Waals surface area contributed by atoms with Crippen LogP contribution in [-0.2, 0) is 0 Å². The molecule has 0 fully saturated rings. The number of aromatic nitrogens is 1. The molecule has 0 radical (unpaired) electrons. The molecule has 1 unspecified atom stereocenters. The number of pyridine rings is 1. The highest BCUT2D eigenvalue weighted by Crippen LogP contribution is 2.23.